The molecule has 0 saturated heterocycles. The lowest BCUT2D eigenvalue weighted by molar-refractivity contribution is 0.134. The molecule has 0 fully saturated rings. The summed E-state index contributed by atoms with van der Waals surface area (Å²) < 4.78 is 4.98. The maximum absolute atomic E-state index is 10.2. The number of rotatable bonds is 1. The van der Waals surface area contributed by atoms with Crippen molar-refractivity contribution >= 4 is 18.9 Å². The monoisotopic (exact) mass is 136 g/mol. The zero-order chi connectivity index (χ0) is 6.57. The Bertz CT molecular complexity index is 85.4. The van der Waals surface area contributed by atoms with Crippen molar-refractivity contribution in [3.8, 4) is 0 Å². The van der Waals surface area contributed by atoms with Gasteiger partial charge in [-0.1, -0.05) is 0 Å². The molecule has 0 rings (SSSR count). The third-order valence-electron chi connectivity index (χ3n) is 0.455. The number of ether oxygens (including phenoxy) is 1. The summed E-state index contributed by atoms with van der Waals surface area (Å²) in [6.07, 6.45) is -0.643. The van der Waals surface area contributed by atoms with Crippen LogP contribution in [0.3, 0.4) is 0 Å². The van der Waals surface area contributed by atoms with Crippen LogP contribution in [-0.4, -0.2) is 17.1 Å². The van der Waals surface area contributed by atoms with E-state index in [0.29, 0.717) is 11.0 Å². The van der Waals surface area contributed by atoms with Gasteiger partial charge in [-0.25, -0.2) is 10.6 Å². The van der Waals surface area contributed by atoms with Crippen LogP contribution < -0.4 is 5.84 Å². The van der Waals surface area contributed by atoms with Crippen LogP contribution in [0.25, 0.3) is 0 Å². The SMILES string of the molecule is CCOC(=O)N(N)S. The molecule has 0 heterocycles. The van der Waals surface area contributed by atoms with Crippen LogP contribution in [0, 0.1) is 0 Å². The molecule has 0 unspecified atom stereocenters. The van der Waals surface area contributed by atoms with Gasteiger partial charge in [0.15, 0.2) is 0 Å². The molecule has 8 heavy (non-hydrogen) atoms. The van der Waals surface area contributed by atoms with Crippen molar-refractivity contribution in [1.29, 1.82) is 0 Å². The molecule has 0 bridgehead atoms. The predicted octanol–water partition coefficient (Wildman–Crippen LogP) is 0.163. The number of hydrazine groups is 1. The Morgan fingerprint density at radius 1 is 2.00 bits per heavy atom. The second kappa shape index (κ2) is 3.57. The molecule has 4 nitrogen and oxygen atoms in total. The minimum atomic E-state index is -0.643. The lowest BCUT2D eigenvalue weighted by Crippen LogP contribution is -2.28. The first kappa shape index (κ1) is 7.58. The number of carbonyl (C=O) groups is 1. The molecule has 0 aliphatic rings. The van der Waals surface area contributed by atoms with Crippen LogP contribution >= 0.6 is 12.8 Å². The molecule has 0 saturated carbocycles. The number of hydrogen-bond donors (Lipinski definition) is 2. The molecule has 0 aromatic heterocycles. The zero-order valence-corrected chi connectivity index (χ0v) is 5.39. The Balaban J connectivity index is 3.33. The van der Waals surface area contributed by atoms with Crippen molar-refractivity contribution in [2.24, 2.45) is 5.84 Å². The first-order chi connectivity index (χ1) is 3.68. The Labute approximate surface area is 53.1 Å². The van der Waals surface area contributed by atoms with Gasteiger partial charge in [0.1, 0.15) is 0 Å². The molecular formula is C3H8N2O2S. The van der Waals surface area contributed by atoms with Crippen molar-refractivity contribution < 1.29 is 9.53 Å². The van der Waals surface area contributed by atoms with Gasteiger partial charge < -0.3 is 4.74 Å². The second-order valence-corrected chi connectivity index (χ2v) is 1.47. The van der Waals surface area contributed by atoms with E-state index >= 15 is 0 Å². The Kier molecular flexibility index (Phi) is 3.38. The molecule has 0 aromatic rings. The fourth-order valence-electron chi connectivity index (χ4n) is 0.190. The van der Waals surface area contributed by atoms with Crippen LogP contribution in [0.15, 0.2) is 0 Å². The van der Waals surface area contributed by atoms with E-state index in [1.165, 1.54) is 0 Å². The number of carbonyl (C=O) groups excluding carboxylic acids is 1. The standard InChI is InChI=1S/C3H8N2O2S/c1-2-7-3(6)5(4)8/h8H,2,4H2,1H3. The third kappa shape index (κ3) is 2.70. The first-order valence-corrected chi connectivity index (χ1v) is 2.49. The molecule has 0 spiro atoms. The summed E-state index contributed by atoms with van der Waals surface area (Å²) in [6, 6.07) is 0. The highest BCUT2D eigenvalue weighted by Gasteiger charge is 2.02. The van der Waals surface area contributed by atoms with E-state index in [1.54, 1.807) is 6.92 Å². The van der Waals surface area contributed by atoms with Crippen LogP contribution in [0.5, 0.6) is 0 Å². The molecule has 1 amide bonds. The van der Waals surface area contributed by atoms with E-state index in [4.69, 9.17) is 5.84 Å². The molecule has 0 aliphatic heterocycles. The molecule has 0 aliphatic carbocycles. The lowest BCUT2D eigenvalue weighted by atomic mass is 10.9. The van der Waals surface area contributed by atoms with Crippen LogP contribution in [0.4, 0.5) is 4.79 Å². The minimum absolute atomic E-state index is 0.313. The van der Waals surface area contributed by atoms with E-state index < -0.39 is 6.09 Å². The van der Waals surface area contributed by atoms with Crippen LogP contribution in [-0.2, 0) is 4.74 Å². The van der Waals surface area contributed by atoms with E-state index in [2.05, 4.69) is 17.6 Å². The van der Waals surface area contributed by atoms with Crippen molar-refractivity contribution in [3.63, 3.8) is 0 Å². The average Bonchev–Trinajstić information content (AvgIpc) is 1.67. The van der Waals surface area contributed by atoms with E-state index in [9.17, 15) is 4.79 Å². The number of nitrogens with two attached hydrogens (primary N) is 1. The highest BCUT2D eigenvalue weighted by atomic mass is 32.1. The largest absolute Gasteiger partial charge is 0.448 e. The minimum Gasteiger partial charge on any atom is -0.448 e. The van der Waals surface area contributed by atoms with E-state index in [-0.39, 0.29) is 0 Å². The normalized spacial score (nSPS) is 8.38. The van der Waals surface area contributed by atoms with Crippen LogP contribution in [0.2, 0.25) is 0 Å². The Morgan fingerprint density at radius 2 is 2.50 bits per heavy atom. The number of amides is 1. The van der Waals surface area contributed by atoms with Gasteiger partial charge in [0, 0.05) is 0 Å². The van der Waals surface area contributed by atoms with Gasteiger partial charge in [0.05, 0.1) is 6.61 Å². The Morgan fingerprint density at radius 3 is 2.62 bits per heavy atom. The van der Waals surface area contributed by atoms with Crippen molar-refractivity contribution in [2.75, 3.05) is 6.61 Å². The van der Waals surface area contributed by atoms with Crippen LogP contribution in [0.1, 0.15) is 6.92 Å². The summed E-state index contributed by atoms with van der Waals surface area (Å²) >= 11 is 3.46. The van der Waals surface area contributed by atoms with E-state index in [1.807, 2.05) is 0 Å². The molecular weight excluding hydrogens is 128 g/mol. The molecule has 2 N–H and O–H groups in total. The van der Waals surface area contributed by atoms with Crippen molar-refractivity contribution in [1.82, 2.24) is 4.41 Å². The fraction of sp³-hybridized carbons (Fsp3) is 0.667. The van der Waals surface area contributed by atoms with Gasteiger partial charge in [0.25, 0.3) is 0 Å². The summed E-state index contributed by atoms with van der Waals surface area (Å²) in [5, 5.41) is 0. The quantitative estimate of drug-likeness (QED) is 0.234. The lowest BCUT2D eigenvalue weighted by Gasteiger charge is -2.05. The smallest absolute Gasteiger partial charge is 0.434 e. The van der Waals surface area contributed by atoms with E-state index in [0.717, 1.165) is 0 Å². The van der Waals surface area contributed by atoms with Gasteiger partial charge >= 0.3 is 6.09 Å². The summed E-state index contributed by atoms with van der Waals surface area (Å²) in [5.41, 5.74) is 0. The number of hydrogen-bond acceptors (Lipinski definition) is 4. The molecule has 0 aromatic carbocycles. The third-order valence-corrected chi connectivity index (χ3v) is 0.618. The first-order valence-electron chi connectivity index (χ1n) is 2.09. The highest BCUT2D eigenvalue weighted by Crippen LogP contribution is 1.87. The topological polar surface area (TPSA) is 55.6 Å². The molecule has 0 atom stereocenters. The second-order valence-electron chi connectivity index (χ2n) is 1.04. The summed E-state index contributed by atoms with van der Waals surface area (Å²) in [7, 11) is 0. The summed E-state index contributed by atoms with van der Waals surface area (Å²) in [4.78, 5) is 10.2. The highest BCUT2D eigenvalue weighted by molar-refractivity contribution is 7.78. The summed E-state index contributed by atoms with van der Waals surface area (Å²) in [5.74, 6) is 4.84. The van der Waals surface area contributed by atoms with Crippen molar-refractivity contribution in [3.05, 3.63) is 0 Å². The zero-order valence-electron chi connectivity index (χ0n) is 4.50. The van der Waals surface area contributed by atoms with Crippen molar-refractivity contribution in [2.45, 2.75) is 6.92 Å². The van der Waals surface area contributed by atoms with Gasteiger partial charge in [-0.3, -0.25) is 0 Å². The number of thiol groups is 1. The van der Waals surface area contributed by atoms with Gasteiger partial charge in [-0.15, -0.1) is 0 Å². The van der Waals surface area contributed by atoms with Gasteiger partial charge in [-0.05, 0) is 19.7 Å². The molecule has 48 valence electrons. The summed E-state index contributed by atoms with van der Waals surface area (Å²) in [6.45, 7) is 2.00. The molecule has 0 radical (unpaired) electrons. The van der Waals surface area contributed by atoms with Gasteiger partial charge in [-0.2, -0.15) is 4.41 Å². The molecule has 5 heteroatoms. The maximum atomic E-state index is 10.2. The predicted molar refractivity (Wildman–Crippen MR) is 32.0 cm³/mol. The number of nitrogens with zero attached hydrogens (tertiary/aromatic N) is 1. The van der Waals surface area contributed by atoms with Gasteiger partial charge in [0.2, 0.25) is 0 Å². The average molecular weight is 136 g/mol. The fourth-order valence-corrected chi connectivity index (χ4v) is 0.247. The maximum Gasteiger partial charge on any atom is 0.434 e. The Hall–Kier alpha value is -0.420.